The normalized spacial score (nSPS) is 18.2. The van der Waals surface area contributed by atoms with Crippen molar-refractivity contribution in [3.63, 3.8) is 0 Å². The number of carbonyl (C=O) groups is 1. The van der Waals surface area contributed by atoms with E-state index >= 15 is 0 Å². The van der Waals surface area contributed by atoms with Crippen LogP contribution in [0.25, 0.3) is 0 Å². The molecule has 0 saturated carbocycles. The topological polar surface area (TPSA) is 53.4 Å². The quantitative estimate of drug-likeness (QED) is 0.929. The Hall–Kier alpha value is -2.36. The average Bonchev–Trinajstić information content (AvgIpc) is 2.97. The minimum Gasteiger partial charge on any atom is -0.478 e. The molecule has 0 spiro atoms. The molecule has 102 valence electrons. The lowest BCUT2D eigenvalue weighted by atomic mass is 10.0. The summed E-state index contributed by atoms with van der Waals surface area (Å²) in [5, 5.41) is 8.92. The van der Waals surface area contributed by atoms with Gasteiger partial charge in [-0.3, -0.25) is 0 Å². The van der Waals surface area contributed by atoms with E-state index < -0.39 is 5.97 Å². The van der Waals surface area contributed by atoms with Gasteiger partial charge in [-0.25, -0.2) is 9.78 Å². The fourth-order valence-electron chi connectivity index (χ4n) is 2.75. The molecule has 0 unspecified atom stereocenters. The summed E-state index contributed by atoms with van der Waals surface area (Å²) in [6.45, 7) is 0.957. The number of hydrogen-bond acceptors (Lipinski definition) is 3. The van der Waals surface area contributed by atoms with Gasteiger partial charge in [-0.2, -0.15) is 0 Å². The van der Waals surface area contributed by atoms with E-state index in [-0.39, 0.29) is 5.56 Å². The molecule has 0 bridgehead atoms. The van der Waals surface area contributed by atoms with Crippen molar-refractivity contribution in [2.45, 2.75) is 18.9 Å². The summed E-state index contributed by atoms with van der Waals surface area (Å²) in [5.74, 6) is -0.0913. The van der Waals surface area contributed by atoms with E-state index in [1.165, 1.54) is 11.8 Å². The van der Waals surface area contributed by atoms with E-state index in [0.717, 1.165) is 25.2 Å². The van der Waals surface area contributed by atoms with Crippen molar-refractivity contribution in [2.24, 2.45) is 0 Å². The minimum atomic E-state index is -0.940. The van der Waals surface area contributed by atoms with Crippen LogP contribution in [0.15, 0.2) is 48.7 Å². The van der Waals surface area contributed by atoms with Gasteiger partial charge in [-0.1, -0.05) is 30.3 Å². The van der Waals surface area contributed by atoms with Gasteiger partial charge in [-0.05, 0) is 30.5 Å². The zero-order valence-corrected chi connectivity index (χ0v) is 11.1. The van der Waals surface area contributed by atoms with Crippen molar-refractivity contribution in [3.8, 4) is 0 Å². The van der Waals surface area contributed by atoms with E-state index in [1.807, 2.05) is 18.2 Å². The van der Waals surface area contributed by atoms with Gasteiger partial charge in [0.25, 0.3) is 0 Å². The van der Waals surface area contributed by atoms with Gasteiger partial charge in [0.15, 0.2) is 0 Å². The molecule has 0 aliphatic carbocycles. The number of benzene rings is 1. The smallest absolute Gasteiger partial charge is 0.337 e. The number of pyridine rings is 1. The van der Waals surface area contributed by atoms with Crippen molar-refractivity contribution in [1.82, 2.24) is 4.98 Å². The first kappa shape index (κ1) is 12.7. The monoisotopic (exact) mass is 268 g/mol. The molecule has 1 saturated heterocycles. The van der Waals surface area contributed by atoms with Crippen molar-refractivity contribution in [3.05, 3.63) is 59.8 Å². The molecular formula is C16H16N2O2. The number of carboxylic acid groups (broad SMARTS) is 1. The zero-order valence-electron chi connectivity index (χ0n) is 11.1. The van der Waals surface area contributed by atoms with E-state index in [1.54, 1.807) is 12.1 Å². The van der Waals surface area contributed by atoms with Gasteiger partial charge in [0.05, 0.1) is 11.6 Å². The van der Waals surface area contributed by atoms with Gasteiger partial charge in [0.1, 0.15) is 5.82 Å². The lowest BCUT2D eigenvalue weighted by molar-refractivity contribution is 0.0696. The molecule has 1 fully saturated rings. The number of aromatic nitrogens is 1. The third-order valence-electron chi connectivity index (χ3n) is 3.73. The average molecular weight is 268 g/mol. The molecule has 1 N–H and O–H groups in total. The summed E-state index contributed by atoms with van der Waals surface area (Å²) in [5.41, 5.74) is 1.51. The van der Waals surface area contributed by atoms with E-state index in [2.05, 4.69) is 22.0 Å². The highest BCUT2D eigenvalue weighted by Gasteiger charge is 2.26. The summed E-state index contributed by atoms with van der Waals surface area (Å²) >= 11 is 0. The molecular weight excluding hydrogens is 252 g/mol. The molecule has 0 amide bonds. The largest absolute Gasteiger partial charge is 0.478 e. The highest BCUT2D eigenvalue weighted by atomic mass is 16.4. The first-order valence-electron chi connectivity index (χ1n) is 6.76. The Morgan fingerprint density at radius 2 is 2.00 bits per heavy atom. The number of anilines is 1. The molecule has 0 radical (unpaired) electrons. The molecule has 1 atom stereocenters. The maximum atomic E-state index is 10.9. The maximum absolute atomic E-state index is 10.9. The van der Waals surface area contributed by atoms with Gasteiger partial charge in [0.2, 0.25) is 0 Å². The van der Waals surface area contributed by atoms with Gasteiger partial charge in [0, 0.05) is 12.7 Å². The number of hydrogen-bond donors (Lipinski definition) is 1. The highest BCUT2D eigenvalue weighted by Crippen LogP contribution is 2.34. The summed E-state index contributed by atoms with van der Waals surface area (Å²) in [4.78, 5) is 17.4. The van der Waals surface area contributed by atoms with E-state index in [4.69, 9.17) is 5.11 Å². The molecule has 4 nitrogen and oxygen atoms in total. The number of nitrogens with zero attached hydrogens (tertiary/aromatic N) is 2. The Morgan fingerprint density at radius 1 is 1.20 bits per heavy atom. The molecule has 1 aliphatic heterocycles. The number of aromatic carboxylic acids is 1. The van der Waals surface area contributed by atoms with Crippen LogP contribution in [0.2, 0.25) is 0 Å². The van der Waals surface area contributed by atoms with Crippen LogP contribution in [0.1, 0.15) is 34.8 Å². The Bertz CT molecular complexity index is 596. The standard InChI is InChI=1S/C16H16N2O2/c19-16(20)13-8-9-15(17-11-13)18-10-4-7-14(18)12-5-2-1-3-6-12/h1-3,5-6,8-9,11,14H,4,7,10H2,(H,19,20)/t14-/m0/s1. The molecule has 4 heteroatoms. The molecule has 2 aromatic rings. The SMILES string of the molecule is O=C(O)c1ccc(N2CCC[C@H]2c2ccccc2)nc1. The van der Waals surface area contributed by atoms with Crippen LogP contribution in [0.3, 0.4) is 0 Å². The van der Waals surface area contributed by atoms with Crippen molar-refractivity contribution in [1.29, 1.82) is 0 Å². The second kappa shape index (κ2) is 5.33. The first-order chi connectivity index (χ1) is 9.75. The van der Waals surface area contributed by atoms with E-state index in [0.29, 0.717) is 6.04 Å². The van der Waals surface area contributed by atoms with Crippen LogP contribution >= 0.6 is 0 Å². The Morgan fingerprint density at radius 3 is 2.65 bits per heavy atom. The third kappa shape index (κ3) is 2.37. The molecule has 1 aromatic heterocycles. The zero-order chi connectivity index (χ0) is 13.9. The van der Waals surface area contributed by atoms with Gasteiger partial charge < -0.3 is 10.0 Å². The molecule has 2 heterocycles. The van der Waals surface area contributed by atoms with Gasteiger partial charge in [-0.15, -0.1) is 0 Å². The highest BCUT2D eigenvalue weighted by molar-refractivity contribution is 5.87. The van der Waals surface area contributed by atoms with E-state index in [9.17, 15) is 4.79 Å². The lowest BCUT2D eigenvalue weighted by Gasteiger charge is -2.26. The summed E-state index contributed by atoms with van der Waals surface area (Å²) in [7, 11) is 0. The van der Waals surface area contributed by atoms with Crippen LogP contribution in [-0.2, 0) is 0 Å². The number of carboxylic acids is 1. The molecule has 1 aromatic carbocycles. The van der Waals surface area contributed by atoms with Crippen LogP contribution in [0.5, 0.6) is 0 Å². The molecule has 3 rings (SSSR count). The summed E-state index contributed by atoms with van der Waals surface area (Å²) in [6, 6.07) is 14.1. The Labute approximate surface area is 117 Å². The van der Waals surface area contributed by atoms with Gasteiger partial charge >= 0.3 is 5.97 Å². The lowest BCUT2D eigenvalue weighted by Crippen LogP contribution is -2.23. The van der Waals surface area contributed by atoms with Crippen molar-refractivity contribution in [2.75, 3.05) is 11.4 Å². The predicted octanol–water partition coefficient (Wildman–Crippen LogP) is 3.12. The summed E-state index contributed by atoms with van der Waals surface area (Å²) < 4.78 is 0. The fraction of sp³-hybridized carbons (Fsp3) is 0.250. The second-order valence-corrected chi connectivity index (χ2v) is 4.97. The third-order valence-corrected chi connectivity index (χ3v) is 3.73. The van der Waals surface area contributed by atoms with Crippen LogP contribution < -0.4 is 4.90 Å². The Kier molecular flexibility index (Phi) is 3.37. The first-order valence-corrected chi connectivity index (χ1v) is 6.76. The van der Waals surface area contributed by atoms with Crippen molar-refractivity contribution < 1.29 is 9.90 Å². The van der Waals surface area contributed by atoms with Crippen LogP contribution in [-0.4, -0.2) is 22.6 Å². The number of rotatable bonds is 3. The Balaban J connectivity index is 1.87. The second-order valence-electron chi connectivity index (χ2n) is 4.97. The fourth-order valence-corrected chi connectivity index (χ4v) is 2.75. The maximum Gasteiger partial charge on any atom is 0.337 e. The van der Waals surface area contributed by atoms with Crippen LogP contribution in [0, 0.1) is 0 Å². The summed E-state index contributed by atoms with van der Waals surface area (Å²) in [6.07, 6.45) is 3.66. The van der Waals surface area contributed by atoms with Crippen LogP contribution in [0.4, 0.5) is 5.82 Å². The molecule has 1 aliphatic rings. The molecule has 20 heavy (non-hydrogen) atoms. The van der Waals surface area contributed by atoms with Crippen molar-refractivity contribution >= 4 is 11.8 Å². The minimum absolute atomic E-state index is 0.226. The predicted molar refractivity (Wildman–Crippen MR) is 77.0 cm³/mol.